The lowest BCUT2D eigenvalue weighted by atomic mass is 10.1. The van der Waals surface area contributed by atoms with E-state index in [0.717, 1.165) is 45.0 Å². The molecular weight excluding hydrogens is 236 g/mol. The minimum atomic E-state index is 0.620. The van der Waals surface area contributed by atoms with Crippen LogP contribution in [0.15, 0.2) is 18.2 Å². The zero-order valence-corrected chi connectivity index (χ0v) is 12.4. The van der Waals surface area contributed by atoms with Crippen molar-refractivity contribution in [2.75, 3.05) is 32.8 Å². The van der Waals surface area contributed by atoms with Crippen LogP contribution in [-0.4, -0.2) is 43.7 Å². The van der Waals surface area contributed by atoms with Crippen molar-refractivity contribution in [2.24, 2.45) is 0 Å². The van der Waals surface area contributed by atoms with E-state index >= 15 is 0 Å². The summed E-state index contributed by atoms with van der Waals surface area (Å²) in [6.07, 6.45) is 1.10. The Bertz CT molecular complexity index is 385. The first-order valence-electron chi connectivity index (χ1n) is 7.30. The van der Waals surface area contributed by atoms with Gasteiger partial charge in [-0.3, -0.25) is 0 Å². The molecule has 1 unspecified atom stereocenters. The molecular formula is C16H26N2O. The Kier molecular flexibility index (Phi) is 5.23. The molecule has 1 fully saturated rings. The topological polar surface area (TPSA) is 24.5 Å². The van der Waals surface area contributed by atoms with E-state index in [-0.39, 0.29) is 0 Å². The number of aryl methyl sites for hydroxylation is 2. The molecule has 0 spiro atoms. The van der Waals surface area contributed by atoms with E-state index in [9.17, 15) is 0 Å². The van der Waals surface area contributed by atoms with Gasteiger partial charge in [-0.2, -0.15) is 0 Å². The number of benzene rings is 1. The number of nitrogens with one attached hydrogen (secondary N) is 1. The highest BCUT2D eigenvalue weighted by molar-refractivity contribution is 5.32. The molecule has 0 aliphatic carbocycles. The lowest BCUT2D eigenvalue weighted by Gasteiger charge is -2.31. The Balaban J connectivity index is 1.68. The van der Waals surface area contributed by atoms with E-state index in [0.29, 0.717) is 6.04 Å². The van der Waals surface area contributed by atoms with Crippen molar-refractivity contribution in [1.82, 2.24) is 10.2 Å². The van der Waals surface area contributed by atoms with Gasteiger partial charge in [0.2, 0.25) is 0 Å². The van der Waals surface area contributed by atoms with Crippen molar-refractivity contribution in [3.05, 3.63) is 29.3 Å². The van der Waals surface area contributed by atoms with Crippen molar-refractivity contribution in [3.8, 4) is 5.75 Å². The van der Waals surface area contributed by atoms with Gasteiger partial charge in [0.1, 0.15) is 5.75 Å². The molecule has 2 rings (SSSR count). The predicted molar refractivity (Wildman–Crippen MR) is 79.9 cm³/mol. The number of ether oxygens (including phenoxy) is 1. The smallest absolute Gasteiger partial charge is 0.119 e. The maximum Gasteiger partial charge on any atom is 0.119 e. The molecule has 19 heavy (non-hydrogen) atoms. The predicted octanol–water partition coefficient (Wildman–Crippen LogP) is 2.37. The first-order chi connectivity index (χ1) is 9.13. The van der Waals surface area contributed by atoms with E-state index in [1.165, 1.54) is 11.1 Å². The molecule has 0 saturated carbocycles. The van der Waals surface area contributed by atoms with Crippen LogP contribution in [0.2, 0.25) is 0 Å². The second-order valence-corrected chi connectivity index (χ2v) is 5.68. The molecule has 1 aliphatic rings. The van der Waals surface area contributed by atoms with Crippen LogP contribution >= 0.6 is 0 Å². The Hall–Kier alpha value is -1.06. The Morgan fingerprint density at radius 2 is 2.00 bits per heavy atom. The lowest BCUT2D eigenvalue weighted by molar-refractivity contribution is 0.189. The lowest BCUT2D eigenvalue weighted by Crippen LogP contribution is -2.49. The highest BCUT2D eigenvalue weighted by Crippen LogP contribution is 2.16. The number of hydrogen-bond donors (Lipinski definition) is 1. The van der Waals surface area contributed by atoms with Crippen LogP contribution in [-0.2, 0) is 0 Å². The van der Waals surface area contributed by atoms with E-state index in [1.807, 2.05) is 0 Å². The summed E-state index contributed by atoms with van der Waals surface area (Å²) in [6, 6.07) is 7.02. The van der Waals surface area contributed by atoms with Gasteiger partial charge in [-0.1, -0.05) is 6.07 Å². The van der Waals surface area contributed by atoms with E-state index in [4.69, 9.17) is 4.74 Å². The molecule has 1 aromatic rings. The molecule has 1 saturated heterocycles. The van der Waals surface area contributed by atoms with Gasteiger partial charge < -0.3 is 15.0 Å². The zero-order valence-electron chi connectivity index (χ0n) is 12.4. The standard InChI is InChI=1S/C16H26N2O/c1-13-9-14(2)11-16(10-13)19-8-4-6-18-7-5-17-15(3)12-18/h9-11,15,17H,4-8,12H2,1-3H3. The first-order valence-corrected chi connectivity index (χ1v) is 7.30. The number of nitrogens with zero attached hydrogens (tertiary/aromatic N) is 1. The number of rotatable bonds is 5. The van der Waals surface area contributed by atoms with Crippen LogP contribution in [0.4, 0.5) is 0 Å². The molecule has 3 heteroatoms. The van der Waals surface area contributed by atoms with Crippen LogP contribution in [0, 0.1) is 13.8 Å². The zero-order chi connectivity index (χ0) is 13.7. The van der Waals surface area contributed by atoms with E-state index < -0.39 is 0 Å². The molecule has 1 N–H and O–H groups in total. The van der Waals surface area contributed by atoms with Gasteiger partial charge in [-0.15, -0.1) is 0 Å². The highest BCUT2D eigenvalue weighted by atomic mass is 16.5. The third-order valence-corrected chi connectivity index (χ3v) is 3.54. The van der Waals surface area contributed by atoms with Crippen LogP contribution in [0.25, 0.3) is 0 Å². The van der Waals surface area contributed by atoms with Crippen molar-refractivity contribution in [3.63, 3.8) is 0 Å². The summed E-state index contributed by atoms with van der Waals surface area (Å²) in [4.78, 5) is 2.52. The number of piperazine rings is 1. The normalized spacial score (nSPS) is 20.5. The van der Waals surface area contributed by atoms with Crippen LogP contribution in [0.3, 0.4) is 0 Å². The molecule has 3 nitrogen and oxygen atoms in total. The SMILES string of the molecule is Cc1cc(C)cc(OCCCN2CCNC(C)C2)c1. The maximum absolute atomic E-state index is 5.84. The molecule has 1 aromatic carbocycles. The summed E-state index contributed by atoms with van der Waals surface area (Å²) in [6.45, 7) is 11.8. The molecule has 0 bridgehead atoms. The summed E-state index contributed by atoms with van der Waals surface area (Å²) < 4.78 is 5.84. The fraction of sp³-hybridized carbons (Fsp3) is 0.625. The fourth-order valence-electron chi connectivity index (χ4n) is 2.71. The third kappa shape index (κ3) is 4.84. The highest BCUT2D eigenvalue weighted by Gasteiger charge is 2.14. The van der Waals surface area contributed by atoms with E-state index in [1.54, 1.807) is 0 Å². The van der Waals surface area contributed by atoms with E-state index in [2.05, 4.69) is 49.2 Å². The van der Waals surface area contributed by atoms with Crippen LogP contribution in [0.1, 0.15) is 24.5 Å². The summed E-state index contributed by atoms with van der Waals surface area (Å²) >= 11 is 0. The van der Waals surface area contributed by atoms with Gasteiger partial charge >= 0.3 is 0 Å². The Labute approximate surface area is 116 Å². The van der Waals surface area contributed by atoms with Gasteiger partial charge in [0, 0.05) is 32.2 Å². The Morgan fingerprint density at radius 3 is 2.68 bits per heavy atom. The van der Waals surface area contributed by atoms with Gasteiger partial charge in [0.05, 0.1) is 6.61 Å². The largest absolute Gasteiger partial charge is 0.494 e. The average Bonchev–Trinajstić information content (AvgIpc) is 2.34. The monoisotopic (exact) mass is 262 g/mol. The van der Waals surface area contributed by atoms with Crippen molar-refractivity contribution < 1.29 is 4.74 Å². The summed E-state index contributed by atoms with van der Waals surface area (Å²) in [5.41, 5.74) is 2.54. The van der Waals surface area contributed by atoms with Gasteiger partial charge in [0.15, 0.2) is 0 Å². The number of hydrogen-bond acceptors (Lipinski definition) is 3. The molecule has 1 atom stereocenters. The second kappa shape index (κ2) is 6.92. The summed E-state index contributed by atoms with van der Waals surface area (Å²) in [5, 5.41) is 3.47. The van der Waals surface area contributed by atoms with Gasteiger partial charge in [0.25, 0.3) is 0 Å². The van der Waals surface area contributed by atoms with Crippen molar-refractivity contribution >= 4 is 0 Å². The minimum absolute atomic E-state index is 0.620. The average molecular weight is 262 g/mol. The van der Waals surface area contributed by atoms with Gasteiger partial charge in [-0.05, 0) is 50.5 Å². The van der Waals surface area contributed by atoms with Crippen LogP contribution in [0.5, 0.6) is 5.75 Å². The van der Waals surface area contributed by atoms with Crippen molar-refractivity contribution in [1.29, 1.82) is 0 Å². The summed E-state index contributed by atoms with van der Waals surface area (Å²) in [7, 11) is 0. The molecule has 0 radical (unpaired) electrons. The third-order valence-electron chi connectivity index (χ3n) is 3.54. The summed E-state index contributed by atoms with van der Waals surface area (Å²) in [5.74, 6) is 1.01. The molecule has 0 aromatic heterocycles. The second-order valence-electron chi connectivity index (χ2n) is 5.68. The van der Waals surface area contributed by atoms with Crippen LogP contribution < -0.4 is 10.1 Å². The Morgan fingerprint density at radius 1 is 1.26 bits per heavy atom. The molecule has 1 aliphatic heterocycles. The quantitative estimate of drug-likeness (QED) is 0.825. The van der Waals surface area contributed by atoms with Gasteiger partial charge in [-0.25, -0.2) is 0 Å². The minimum Gasteiger partial charge on any atom is -0.494 e. The van der Waals surface area contributed by atoms with Crippen molar-refractivity contribution in [2.45, 2.75) is 33.2 Å². The first kappa shape index (κ1) is 14.4. The molecule has 106 valence electrons. The molecule has 0 amide bonds. The fourth-order valence-corrected chi connectivity index (χ4v) is 2.71. The maximum atomic E-state index is 5.84. The molecule has 1 heterocycles.